The molecular formula is C17H21F16NO3P+. The van der Waals surface area contributed by atoms with Gasteiger partial charge in [-0.2, -0.15) is 52.7 Å². The van der Waals surface area contributed by atoms with Crippen LogP contribution in [0, 0.1) is 0 Å². The van der Waals surface area contributed by atoms with Crippen molar-refractivity contribution < 1.29 is 84.6 Å². The van der Waals surface area contributed by atoms with Crippen molar-refractivity contribution in [2.75, 3.05) is 6.54 Å². The van der Waals surface area contributed by atoms with Crippen LogP contribution in [0.2, 0.25) is 0 Å². The van der Waals surface area contributed by atoms with Crippen LogP contribution in [0.25, 0.3) is 0 Å². The summed E-state index contributed by atoms with van der Waals surface area (Å²) in [6, 6.07) is -1.51. The first-order valence-electron chi connectivity index (χ1n) is 10.00. The summed E-state index contributed by atoms with van der Waals surface area (Å²) < 4.78 is 222. The maximum atomic E-state index is 14.2. The summed E-state index contributed by atoms with van der Waals surface area (Å²) in [5, 5.41) is 0. The molecule has 2 N–H and O–H groups in total. The molecule has 1 rings (SSSR count). The Kier molecular flexibility index (Phi) is 11.4. The number of hydrogen-bond donors (Lipinski definition) is 2. The van der Waals surface area contributed by atoms with E-state index in [4.69, 9.17) is 14.4 Å². The second kappa shape index (κ2) is 11.8. The summed E-state index contributed by atoms with van der Waals surface area (Å²) in [5.74, 6) is -38.7. The van der Waals surface area contributed by atoms with Crippen molar-refractivity contribution in [1.29, 1.82) is 0 Å². The average Bonchev–Trinajstić information content (AvgIpc) is 2.69. The summed E-state index contributed by atoms with van der Waals surface area (Å²) >= 11 is 0. The van der Waals surface area contributed by atoms with Gasteiger partial charge in [0.25, 0.3) is 0 Å². The Balaban J connectivity index is 0.00000318. The molecule has 0 aromatic carbocycles. The maximum Gasteiger partial charge on any atom is 0.692 e. The first kappa shape index (κ1) is 36.9. The van der Waals surface area contributed by atoms with Gasteiger partial charge in [0.15, 0.2) is 0 Å². The minimum absolute atomic E-state index is 0.0868. The topological polar surface area (TPSA) is 60.8 Å². The molecule has 1 saturated heterocycles. The van der Waals surface area contributed by atoms with E-state index >= 15 is 0 Å². The molecule has 1 aliphatic heterocycles. The summed E-state index contributed by atoms with van der Waals surface area (Å²) in [4.78, 5) is 14.2. The maximum absolute atomic E-state index is 14.2. The van der Waals surface area contributed by atoms with Gasteiger partial charge in [-0.05, 0) is 26.7 Å². The van der Waals surface area contributed by atoms with E-state index in [-0.39, 0.29) is 17.7 Å². The van der Waals surface area contributed by atoms with Crippen LogP contribution in [0.5, 0.6) is 0 Å². The van der Waals surface area contributed by atoms with Crippen molar-refractivity contribution in [2.24, 2.45) is 0 Å². The number of rotatable bonds is 10. The highest BCUT2D eigenvalue weighted by molar-refractivity contribution is 7.30. The van der Waals surface area contributed by atoms with Crippen molar-refractivity contribution in [1.82, 2.24) is 4.90 Å². The standard InChI is InChI=1S/C17H19F16N.HO3P/c1-8-4-3-5-11(2,6-12(22,23)16(30,31)14(26,27)9(18)19)34(8)7-13(24,25)17(32,33)15(28,29)10(20)21;1-4(2)3/h8-10H,3-7H2,1-2H3;(H-,1,2,3)/p+1. The van der Waals surface area contributed by atoms with Crippen molar-refractivity contribution >= 4 is 8.25 Å². The van der Waals surface area contributed by atoms with Crippen LogP contribution in [0.1, 0.15) is 39.5 Å². The minimum atomic E-state index is -6.75. The van der Waals surface area contributed by atoms with Crippen molar-refractivity contribution in [3.05, 3.63) is 0 Å². The molecule has 2 atom stereocenters. The molecule has 2 unspecified atom stereocenters. The van der Waals surface area contributed by atoms with Crippen LogP contribution in [-0.4, -0.2) is 81.2 Å². The first-order valence-corrected chi connectivity index (χ1v) is 11.2. The fraction of sp³-hybridized carbons (Fsp3) is 1.00. The van der Waals surface area contributed by atoms with Gasteiger partial charge >= 0.3 is 56.6 Å². The lowest BCUT2D eigenvalue weighted by atomic mass is 9.78. The molecule has 38 heavy (non-hydrogen) atoms. The SMILES string of the molecule is CC1CCCC(C)(CC(F)(F)C(F)(F)C(F)(F)C(F)F)N1CC(F)(F)C(F)(F)C(F)(F)C(F)F.O=[P+](O)O. The lowest BCUT2D eigenvalue weighted by molar-refractivity contribution is -0.351. The Morgan fingerprint density at radius 3 is 1.50 bits per heavy atom. The van der Waals surface area contributed by atoms with E-state index < -0.39 is 87.6 Å². The molecule has 0 amide bonds. The zero-order chi connectivity index (χ0) is 30.9. The molecule has 0 saturated carbocycles. The number of piperidine rings is 1. The molecule has 0 spiro atoms. The predicted octanol–water partition coefficient (Wildman–Crippen LogP) is 6.98. The lowest BCUT2D eigenvalue weighted by Crippen LogP contribution is -2.67. The number of nitrogens with zero attached hydrogens (tertiary/aromatic N) is 1. The van der Waals surface area contributed by atoms with E-state index in [1.165, 1.54) is 0 Å². The third kappa shape index (κ3) is 7.13. The van der Waals surface area contributed by atoms with Gasteiger partial charge in [-0.15, -0.1) is 9.79 Å². The summed E-state index contributed by atoms with van der Waals surface area (Å²) in [6.45, 7) is -1.29. The van der Waals surface area contributed by atoms with Crippen LogP contribution < -0.4 is 0 Å². The molecule has 21 heteroatoms. The molecule has 1 aliphatic rings. The van der Waals surface area contributed by atoms with Gasteiger partial charge < -0.3 is 0 Å². The summed E-state index contributed by atoms with van der Waals surface area (Å²) in [5.41, 5.74) is -2.82. The van der Waals surface area contributed by atoms with E-state index in [1.807, 2.05) is 0 Å². The largest absolute Gasteiger partial charge is 0.692 e. The third-order valence-electron chi connectivity index (χ3n) is 5.84. The van der Waals surface area contributed by atoms with Gasteiger partial charge in [0, 0.05) is 22.6 Å². The van der Waals surface area contributed by atoms with Crippen LogP contribution in [0.4, 0.5) is 70.2 Å². The van der Waals surface area contributed by atoms with Crippen molar-refractivity contribution in [3.8, 4) is 0 Å². The molecule has 0 aliphatic carbocycles. The van der Waals surface area contributed by atoms with Crippen LogP contribution >= 0.6 is 8.25 Å². The normalized spacial score (nSPS) is 22.9. The highest BCUT2D eigenvalue weighted by Gasteiger charge is 2.78. The summed E-state index contributed by atoms with van der Waals surface area (Å²) in [7, 11) is -2.87. The smallest absolute Gasteiger partial charge is 0.289 e. The quantitative estimate of drug-likeness (QED) is 0.204. The first-order chi connectivity index (χ1) is 16.5. The summed E-state index contributed by atoms with van der Waals surface area (Å²) in [6.07, 6.45) is -14.5. The monoisotopic (exact) mass is 622 g/mol. The van der Waals surface area contributed by atoms with Crippen molar-refractivity contribution in [2.45, 2.75) is 99.5 Å². The van der Waals surface area contributed by atoms with Crippen LogP contribution in [0.3, 0.4) is 0 Å². The van der Waals surface area contributed by atoms with Crippen molar-refractivity contribution in [3.63, 3.8) is 0 Å². The van der Waals surface area contributed by atoms with E-state index in [0.717, 1.165) is 6.92 Å². The number of likely N-dealkylation sites (tertiary alicyclic amines) is 1. The highest BCUT2D eigenvalue weighted by Crippen LogP contribution is 2.54. The Morgan fingerprint density at radius 2 is 1.16 bits per heavy atom. The van der Waals surface area contributed by atoms with E-state index in [1.54, 1.807) is 0 Å². The second-order valence-electron chi connectivity index (χ2n) is 8.70. The van der Waals surface area contributed by atoms with Gasteiger partial charge in [-0.25, -0.2) is 17.6 Å². The van der Waals surface area contributed by atoms with Gasteiger partial charge in [0.2, 0.25) is 0 Å². The third-order valence-corrected chi connectivity index (χ3v) is 5.84. The van der Waals surface area contributed by atoms with Gasteiger partial charge in [0.05, 0.1) is 6.54 Å². The zero-order valence-electron chi connectivity index (χ0n) is 19.0. The Hall–Kier alpha value is -1.14. The van der Waals surface area contributed by atoms with E-state index in [9.17, 15) is 70.2 Å². The number of halogens is 16. The van der Waals surface area contributed by atoms with E-state index in [2.05, 4.69) is 0 Å². The Labute approximate surface area is 204 Å². The molecule has 0 aromatic heterocycles. The predicted molar refractivity (Wildman–Crippen MR) is 96.8 cm³/mol. The number of hydrogen-bond acceptors (Lipinski definition) is 2. The second-order valence-corrected chi connectivity index (χ2v) is 9.21. The fourth-order valence-electron chi connectivity index (χ4n) is 3.81. The van der Waals surface area contributed by atoms with Gasteiger partial charge in [-0.1, -0.05) is 6.42 Å². The van der Waals surface area contributed by atoms with Crippen LogP contribution in [-0.2, 0) is 4.57 Å². The Morgan fingerprint density at radius 1 is 0.816 bits per heavy atom. The average molecular weight is 622 g/mol. The molecule has 0 aromatic rings. The molecule has 1 heterocycles. The van der Waals surface area contributed by atoms with Gasteiger partial charge in [-0.3, -0.25) is 4.90 Å². The number of alkyl halides is 16. The molecule has 4 nitrogen and oxygen atoms in total. The molecule has 1 fully saturated rings. The highest BCUT2D eigenvalue weighted by atomic mass is 31.1. The molecule has 0 radical (unpaired) electrons. The minimum Gasteiger partial charge on any atom is -0.289 e. The molecule has 0 bridgehead atoms. The van der Waals surface area contributed by atoms with Crippen LogP contribution in [0.15, 0.2) is 0 Å². The Bertz CT molecular complexity index is 808. The van der Waals surface area contributed by atoms with E-state index in [0.29, 0.717) is 6.92 Å². The van der Waals surface area contributed by atoms with Gasteiger partial charge in [0.1, 0.15) is 0 Å². The fourth-order valence-corrected chi connectivity index (χ4v) is 3.81. The molecular weight excluding hydrogens is 601 g/mol. The molecule has 228 valence electrons. The zero-order valence-corrected chi connectivity index (χ0v) is 19.9. The lowest BCUT2D eigenvalue weighted by Gasteiger charge is -2.52.